The van der Waals surface area contributed by atoms with E-state index in [0.717, 1.165) is 19.3 Å². The van der Waals surface area contributed by atoms with Gasteiger partial charge in [0.25, 0.3) is 0 Å². The van der Waals surface area contributed by atoms with Gasteiger partial charge >= 0.3 is 0 Å². The van der Waals surface area contributed by atoms with E-state index in [4.69, 9.17) is 0 Å². The molecule has 0 aliphatic heterocycles. The summed E-state index contributed by atoms with van der Waals surface area (Å²) in [4.78, 5) is 2.29. The summed E-state index contributed by atoms with van der Waals surface area (Å²) in [6.45, 7) is 4.38. The van der Waals surface area contributed by atoms with Gasteiger partial charge in [0.1, 0.15) is 0 Å². The Morgan fingerprint density at radius 3 is 2.60 bits per heavy atom. The van der Waals surface area contributed by atoms with Gasteiger partial charge in [-0.2, -0.15) is 0 Å². The lowest BCUT2D eigenvalue weighted by molar-refractivity contribution is 0.253. The third-order valence-corrected chi connectivity index (χ3v) is 2.29. The van der Waals surface area contributed by atoms with Gasteiger partial charge in [0.05, 0.1) is 0 Å². The molecule has 10 heavy (non-hydrogen) atoms. The zero-order chi connectivity index (χ0) is 7.40. The monoisotopic (exact) mass is 142 g/mol. The highest BCUT2D eigenvalue weighted by molar-refractivity contribution is 4.75. The van der Waals surface area contributed by atoms with E-state index >= 15 is 0 Å². The fourth-order valence-electron chi connectivity index (χ4n) is 1.01. The molecule has 0 atom stereocenters. The minimum Gasteiger partial charge on any atom is -0.302 e. The van der Waals surface area contributed by atoms with Gasteiger partial charge in [0.2, 0.25) is 0 Å². The second kappa shape index (κ2) is 3.94. The van der Waals surface area contributed by atoms with Gasteiger partial charge in [-0.25, -0.2) is 0 Å². The van der Waals surface area contributed by atoms with Crippen molar-refractivity contribution in [2.75, 3.05) is 20.3 Å². The first-order valence-corrected chi connectivity index (χ1v) is 4.25. The summed E-state index contributed by atoms with van der Waals surface area (Å²) >= 11 is 0. The Morgan fingerprint density at radius 2 is 2.20 bits per heavy atom. The maximum atomic E-state index is 3.50. The second-order valence-corrected chi connectivity index (χ2v) is 3.16. The van der Waals surface area contributed by atoms with E-state index in [9.17, 15) is 0 Å². The molecule has 1 aliphatic rings. The topological polar surface area (TPSA) is 15.3 Å². The minimum atomic E-state index is 0.828. The number of nitrogens with zero attached hydrogens (tertiary/aromatic N) is 1. The van der Waals surface area contributed by atoms with Crippen LogP contribution in [0.2, 0.25) is 0 Å². The molecule has 0 radical (unpaired) electrons. The normalized spacial score (nSPS) is 19.5. The van der Waals surface area contributed by atoms with Gasteiger partial charge in [0, 0.05) is 12.7 Å². The SMILES string of the molecule is CCN(C)CNC1CCC1. The van der Waals surface area contributed by atoms with E-state index in [-0.39, 0.29) is 0 Å². The molecule has 0 heterocycles. The third-order valence-electron chi connectivity index (χ3n) is 2.29. The first-order valence-electron chi connectivity index (χ1n) is 4.25. The average Bonchev–Trinajstić information content (AvgIpc) is 1.84. The van der Waals surface area contributed by atoms with Gasteiger partial charge in [-0.05, 0) is 26.4 Å². The number of nitrogens with one attached hydrogen (secondary N) is 1. The van der Waals surface area contributed by atoms with E-state index in [1.807, 2.05) is 0 Å². The molecule has 1 saturated carbocycles. The highest BCUT2D eigenvalue weighted by atomic mass is 15.2. The van der Waals surface area contributed by atoms with Gasteiger partial charge in [-0.3, -0.25) is 4.90 Å². The molecule has 0 spiro atoms. The molecule has 60 valence electrons. The molecule has 1 N–H and O–H groups in total. The van der Waals surface area contributed by atoms with E-state index in [1.54, 1.807) is 0 Å². The fourth-order valence-corrected chi connectivity index (χ4v) is 1.01. The minimum absolute atomic E-state index is 0.828. The van der Waals surface area contributed by atoms with E-state index in [1.165, 1.54) is 19.3 Å². The Hall–Kier alpha value is -0.0800. The van der Waals surface area contributed by atoms with E-state index < -0.39 is 0 Å². The van der Waals surface area contributed by atoms with Crippen LogP contribution >= 0.6 is 0 Å². The van der Waals surface area contributed by atoms with Crippen molar-refractivity contribution in [2.45, 2.75) is 32.2 Å². The predicted octanol–water partition coefficient (Wildman–Crippen LogP) is 1.04. The zero-order valence-corrected chi connectivity index (χ0v) is 7.06. The van der Waals surface area contributed by atoms with Crippen molar-refractivity contribution in [3.05, 3.63) is 0 Å². The van der Waals surface area contributed by atoms with Crippen molar-refractivity contribution < 1.29 is 0 Å². The van der Waals surface area contributed by atoms with Crippen LogP contribution in [0, 0.1) is 0 Å². The smallest absolute Gasteiger partial charge is 0.0479 e. The Balaban J connectivity index is 1.93. The van der Waals surface area contributed by atoms with Crippen LogP contribution in [-0.2, 0) is 0 Å². The molecule has 0 aromatic heterocycles. The molecule has 0 amide bonds. The maximum absolute atomic E-state index is 3.50. The molecule has 2 nitrogen and oxygen atoms in total. The molecule has 0 saturated heterocycles. The second-order valence-electron chi connectivity index (χ2n) is 3.16. The first-order chi connectivity index (χ1) is 4.83. The lowest BCUT2D eigenvalue weighted by Gasteiger charge is -2.28. The highest BCUT2D eigenvalue weighted by Crippen LogP contribution is 2.17. The quantitative estimate of drug-likeness (QED) is 0.590. The standard InChI is InChI=1S/C8H18N2/c1-3-10(2)7-9-8-5-4-6-8/h8-9H,3-7H2,1-2H3. The molecule has 1 rings (SSSR count). The van der Waals surface area contributed by atoms with E-state index in [2.05, 4.69) is 24.2 Å². The lowest BCUT2D eigenvalue weighted by Crippen LogP contribution is -2.41. The zero-order valence-electron chi connectivity index (χ0n) is 7.06. The Morgan fingerprint density at radius 1 is 1.50 bits per heavy atom. The summed E-state index contributed by atoms with van der Waals surface area (Å²) in [6.07, 6.45) is 4.20. The number of rotatable bonds is 4. The van der Waals surface area contributed by atoms with Crippen LogP contribution in [0.4, 0.5) is 0 Å². The summed E-state index contributed by atoms with van der Waals surface area (Å²) in [5.74, 6) is 0. The van der Waals surface area contributed by atoms with Crippen LogP contribution in [0.5, 0.6) is 0 Å². The molecule has 1 fully saturated rings. The molecule has 0 unspecified atom stereocenters. The third kappa shape index (κ3) is 2.27. The summed E-state index contributed by atoms with van der Waals surface area (Å²) in [6, 6.07) is 0.828. The maximum Gasteiger partial charge on any atom is 0.0479 e. The average molecular weight is 142 g/mol. The molecule has 2 heteroatoms. The molecule has 1 aliphatic carbocycles. The largest absolute Gasteiger partial charge is 0.302 e. The fraction of sp³-hybridized carbons (Fsp3) is 1.00. The van der Waals surface area contributed by atoms with Crippen LogP contribution in [0.3, 0.4) is 0 Å². The van der Waals surface area contributed by atoms with Crippen LogP contribution in [0.1, 0.15) is 26.2 Å². The van der Waals surface area contributed by atoms with Crippen molar-refractivity contribution in [3.63, 3.8) is 0 Å². The molecule has 0 aromatic carbocycles. The van der Waals surface area contributed by atoms with Gasteiger partial charge < -0.3 is 5.32 Å². The summed E-state index contributed by atoms with van der Waals surface area (Å²) in [5.41, 5.74) is 0. The van der Waals surface area contributed by atoms with Gasteiger partial charge in [-0.1, -0.05) is 13.3 Å². The first kappa shape index (κ1) is 8.02. The molecule has 0 bridgehead atoms. The van der Waals surface area contributed by atoms with Crippen LogP contribution in [-0.4, -0.2) is 31.2 Å². The van der Waals surface area contributed by atoms with Crippen molar-refractivity contribution in [1.82, 2.24) is 10.2 Å². The molecule has 0 aromatic rings. The van der Waals surface area contributed by atoms with Crippen molar-refractivity contribution in [2.24, 2.45) is 0 Å². The van der Waals surface area contributed by atoms with Crippen LogP contribution < -0.4 is 5.32 Å². The number of hydrogen-bond acceptors (Lipinski definition) is 2. The lowest BCUT2D eigenvalue weighted by atomic mass is 9.93. The van der Waals surface area contributed by atoms with Crippen LogP contribution in [0.15, 0.2) is 0 Å². The molecular weight excluding hydrogens is 124 g/mol. The highest BCUT2D eigenvalue weighted by Gasteiger charge is 2.15. The Kier molecular flexibility index (Phi) is 3.16. The predicted molar refractivity (Wildman–Crippen MR) is 43.9 cm³/mol. The van der Waals surface area contributed by atoms with Gasteiger partial charge in [0.15, 0.2) is 0 Å². The van der Waals surface area contributed by atoms with Crippen LogP contribution in [0.25, 0.3) is 0 Å². The molecular formula is C8H18N2. The Labute approximate surface area is 63.6 Å². The summed E-state index contributed by atoms with van der Waals surface area (Å²) < 4.78 is 0. The number of hydrogen-bond donors (Lipinski definition) is 1. The summed E-state index contributed by atoms with van der Waals surface area (Å²) in [7, 11) is 2.14. The van der Waals surface area contributed by atoms with Crippen molar-refractivity contribution >= 4 is 0 Å². The summed E-state index contributed by atoms with van der Waals surface area (Å²) in [5, 5.41) is 3.50. The van der Waals surface area contributed by atoms with E-state index in [0.29, 0.717) is 0 Å². The van der Waals surface area contributed by atoms with Crippen molar-refractivity contribution in [1.29, 1.82) is 0 Å². The van der Waals surface area contributed by atoms with Gasteiger partial charge in [-0.15, -0.1) is 0 Å². The van der Waals surface area contributed by atoms with Crippen molar-refractivity contribution in [3.8, 4) is 0 Å². The Bertz CT molecular complexity index is 84.5.